The van der Waals surface area contributed by atoms with Gasteiger partial charge in [0.15, 0.2) is 0 Å². The molecule has 1 aromatic rings. The molecule has 5 nitrogen and oxygen atoms in total. The van der Waals surface area contributed by atoms with E-state index < -0.39 is 5.60 Å². The van der Waals surface area contributed by atoms with Gasteiger partial charge in [0.2, 0.25) is 0 Å². The summed E-state index contributed by atoms with van der Waals surface area (Å²) in [5, 5.41) is 0.968. The number of rotatable bonds is 4. The Morgan fingerprint density at radius 3 is 2.48 bits per heavy atom. The Morgan fingerprint density at radius 2 is 1.91 bits per heavy atom. The van der Waals surface area contributed by atoms with Gasteiger partial charge in [0.05, 0.1) is 23.7 Å². The fourth-order valence-electron chi connectivity index (χ4n) is 2.73. The van der Waals surface area contributed by atoms with Crippen molar-refractivity contribution in [3.63, 3.8) is 0 Å². The lowest BCUT2D eigenvalue weighted by Gasteiger charge is -2.29. The third-order valence-corrected chi connectivity index (χ3v) is 4.96. The second kappa shape index (κ2) is 7.43. The Kier molecular flexibility index (Phi) is 5.79. The van der Waals surface area contributed by atoms with Gasteiger partial charge in [0, 0.05) is 5.92 Å². The molecule has 0 amide bonds. The lowest BCUT2D eigenvalue weighted by atomic mass is 9.82. The molecular formula is C17H25NO4S. The number of esters is 2. The van der Waals surface area contributed by atoms with Crippen LogP contribution in [0.15, 0.2) is 6.20 Å². The van der Waals surface area contributed by atoms with Gasteiger partial charge in [0.25, 0.3) is 0 Å². The highest BCUT2D eigenvalue weighted by Crippen LogP contribution is 2.38. The predicted octanol–water partition coefficient (Wildman–Crippen LogP) is 3.94. The summed E-state index contributed by atoms with van der Waals surface area (Å²) >= 11 is 1.41. The topological polar surface area (TPSA) is 65.5 Å². The van der Waals surface area contributed by atoms with Crippen LogP contribution in [-0.4, -0.2) is 29.1 Å². The van der Waals surface area contributed by atoms with Crippen molar-refractivity contribution in [2.24, 2.45) is 5.92 Å². The summed E-state index contributed by atoms with van der Waals surface area (Å²) in [4.78, 5) is 28.8. The molecule has 1 saturated carbocycles. The van der Waals surface area contributed by atoms with Gasteiger partial charge in [-0.25, -0.2) is 9.78 Å². The number of hydrogen-bond donors (Lipinski definition) is 0. The average Bonchev–Trinajstić information content (AvgIpc) is 2.96. The molecule has 0 saturated heterocycles. The second-order valence-corrected chi connectivity index (χ2v) is 7.93. The lowest BCUT2D eigenvalue weighted by molar-refractivity contribution is -0.161. The number of aromatic nitrogens is 1. The Labute approximate surface area is 141 Å². The molecule has 1 fully saturated rings. The first-order chi connectivity index (χ1) is 10.8. The van der Waals surface area contributed by atoms with E-state index in [-0.39, 0.29) is 17.9 Å². The van der Waals surface area contributed by atoms with Crippen molar-refractivity contribution in [3.8, 4) is 0 Å². The number of carbonyl (C=O) groups is 2. The van der Waals surface area contributed by atoms with E-state index in [0.29, 0.717) is 17.4 Å². The van der Waals surface area contributed by atoms with Gasteiger partial charge in [-0.1, -0.05) is 0 Å². The van der Waals surface area contributed by atoms with E-state index >= 15 is 0 Å². The van der Waals surface area contributed by atoms with E-state index in [1.54, 1.807) is 13.1 Å². The summed E-state index contributed by atoms with van der Waals surface area (Å²) in [6.07, 6.45) is 5.03. The highest BCUT2D eigenvalue weighted by Gasteiger charge is 2.31. The predicted molar refractivity (Wildman–Crippen MR) is 88.6 cm³/mol. The zero-order valence-electron chi connectivity index (χ0n) is 14.3. The van der Waals surface area contributed by atoms with Gasteiger partial charge in [-0.05, 0) is 53.4 Å². The summed E-state index contributed by atoms with van der Waals surface area (Å²) in [5.74, 6) is -0.0992. The molecule has 1 aromatic heterocycles. The first-order valence-electron chi connectivity index (χ1n) is 8.16. The fourth-order valence-corrected chi connectivity index (χ4v) is 3.71. The Hall–Kier alpha value is -1.43. The molecule has 1 aliphatic carbocycles. The monoisotopic (exact) mass is 339 g/mol. The molecule has 0 aliphatic heterocycles. The molecule has 1 heterocycles. The van der Waals surface area contributed by atoms with Gasteiger partial charge < -0.3 is 9.47 Å². The second-order valence-electron chi connectivity index (χ2n) is 6.87. The van der Waals surface area contributed by atoms with Crippen LogP contribution in [0.2, 0.25) is 0 Å². The normalized spacial score (nSPS) is 21.7. The van der Waals surface area contributed by atoms with E-state index in [1.165, 1.54) is 11.3 Å². The van der Waals surface area contributed by atoms with Crippen LogP contribution in [0, 0.1) is 5.92 Å². The van der Waals surface area contributed by atoms with Crippen LogP contribution >= 0.6 is 11.3 Å². The standard InChI is InChI=1S/C17H25NO4S/c1-5-21-16(20)13-10-18-14(23-13)11-6-8-12(9-7-11)15(19)22-17(2,3)4/h10-12H,5-9H2,1-4H3. The molecule has 0 unspecified atom stereocenters. The SMILES string of the molecule is CCOC(=O)c1cnc(C2CCC(C(=O)OC(C)(C)C)CC2)s1. The summed E-state index contributed by atoms with van der Waals surface area (Å²) in [5.41, 5.74) is -0.433. The van der Waals surface area contributed by atoms with Crippen LogP contribution in [0.25, 0.3) is 0 Å². The smallest absolute Gasteiger partial charge is 0.349 e. The number of thiazole rings is 1. The van der Waals surface area contributed by atoms with Crippen molar-refractivity contribution < 1.29 is 19.1 Å². The molecule has 128 valence electrons. The van der Waals surface area contributed by atoms with Crippen LogP contribution in [0.4, 0.5) is 0 Å². The molecule has 0 atom stereocenters. The molecule has 0 radical (unpaired) electrons. The molecular weight excluding hydrogens is 314 g/mol. The minimum Gasteiger partial charge on any atom is -0.462 e. The Balaban J connectivity index is 1.89. The van der Waals surface area contributed by atoms with Crippen molar-refractivity contribution in [3.05, 3.63) is 16.1 Å². The molecule has 2 rings (SSSR count). The van der Waals surface area contributed by atoms with Gasteiger partial charge in [-0.15, -0.1) is 11.3 Å². The zero-order chi connectivity index (χ0) is 17.0. The maximum absolute atomic E-state index is 12.1. The zero-order valence-corrected chi connectivity index (χ0v) is 15.1. The van der Waals surface area contributed by atoms with Gasteiger partial charge >= 0.3 is 11.9 Å². The molecule has 0 bridgehead atoms. The molecule has 1 aliphatic rings. The molecule has 0 aromatic carbocycles. The van der Waals surface area contributed by atoms with E-state index in [1.807, 2.05) is 20.8 Å². The average molecular weight is 339 g/mol. The van der Waals surface area contributed by atoms with Crippen molar-refractivity contribution >= 4 is 23.3 Å². The maximum atomic E-state index is 12.1. The van der Waals surface area contributed by atoms with Gasteiger partial charge in [0.1, 0.15) is 10.5 Å². The number of hydrogen-bond acceptors (Lipinski definition) is 6. The molecule has 0 N–H and O–H groups in total. The minimum absolute atomic E-state index is 0.0186. The van der Waals surface area contributed by atoms with E-state index in [0.717, 1.165) is 30.7 Å². The van der Waals surface area contributed by atoms with Crippen LogP contribution in [0.1, 0.15) is 74.0 Å². The van der Waals surface area contributed by atoms with Gasteiger partial charge in [-0.3, -0.25) is 4.79 Å². The molecule has 6 heteroatoms. The third kappa shape index (κ3) is 5.03. The quantitative estimate of drug-likeness (QED) is 0.778. The number of ether oxygens (including phenoxy) is 2. The summed E-state index contributed by atoms with van der Waals surface area (Å²) < 4.78 is 10.5. The highest BCUT2D eigenvalue weighted by molar-refractivity contribution is 7.13. The van der Waals surface area contributed by atoms with Crippen LogP contribution in [0.3, 0.4) is 0 Å². The summed E-state index contributed by atoms with van der Waals surface area (Å²) in [6.45, 7) is 7.83. The highest BCUT2D eigenvalue weighted by atomic mass is 32.1. The van der Waals surface area contributed by atoms with Crippen LogP contribution < -0.4 is 0 Å². The Bertz CT molecular complexity index is 553. The van der Waals surface area contributed by atoms with Gasteiger partial charge in [-0.2, -0.15) is 0 Å². The largest absolute Gasteiger partial charge is 0.462 e. The fraction of sp³-hybridized carbons (Fsp3) is 0.706. The van der Waals surface area contributed by atoms with Crippen molar-refractivity contribution in [2.75, 3.05) is 6.61 Å². The van der Waals surface area contributed by atoms with Crippen LogP contribution in [-0.2, 0) is 14.3 Å². The molecule has 23 heavy (non-hydrogen) atoms. The number of nitrogens with zero attached hydrogens (tertiary/aromatic N) is 1. The third-order valence-electron chi connectivity index (χ3n) is 3.82. The Morgan fingerprint density at radius 1 is 1.26 bits per heavy atom. The van der Waals surface area contributed by atoms with Crippen molar-refractivity contribution in [1.29, 1.82) is 0 Å². The van der Waals surface area contributed by atoms with E-state index in [9.17, 15) is 9.59 Å². The lowest BCUT2D eigenvalue weighted by Crippen LogP contribution is -2.30. The number of carbonyl (C=O) groups excluding carboxylic acids is 2. The summed E-state index contributed by atoms with van der Waals surface area (Å²) in [6, 6.07) is 0. The summed E-state index contributed by atoms with van der Waals surface area (Å²) in [7, 11) is 0. The first-order valence-corrected chi connectivity index (χ1v) is 8.97. The minimum atomic E-state index is -0.433. The molecule has 0 spiro atoms. The first kappa shape index (κ1) is 17.9. The van der Waals surface area contributed by atoms with E-state index in [2.05, 4.69) is 4.98 Å². The van der Waals surface area contributed by atoms with E-state index in [4.69, 9.17) is 9.47 Å². The van der Waals surface area contributed by atoms with Crippen molar-refractivity contribution in [2.45, 2.75) is 64.9 Å². The van der Waals surface area contributed by atoms with Crippen LogP contribution in [0.5, 0.6) is 0 Å². The maximum Gasteiger partial charge on any atom is 0.349 e. The van der Waals surface area contributed by atoms with Crippen molar-refractivity contribution in [1.82, 2.24) is 4.98 Å².